The van der Waals surface area contributed by atoms with Crippen LogP contribution in [0, 0.1) is 24.0 Å². The third-order valence-electron chi connectivity index (χ3n) is 7.06. The molecule has 0 saturated heterocycles. The Morgan fingerprint density at radius 1 is 1.21 bits per heavy atom. The molecule has 4 rings (SSSR count). The van der Waals surface area contributed by atoms with Crippen LogP contribution in [0.3, 0.4) is 0 Å². The van der Waals surface area contributed by atoms with Crippen molar-refractivity contribution in [2.75, 3.05) is 25.5 Å². The van der Waals surface area contributed by atoms with Crippen molar-refractivity contribution in [1.29, 1.82) is 0 Å². The number of ether oxygens (including phenoxy) is 1. The molecule has 208 valence electrons. The zero-order valence-corrected chi connectivity index (χ0v) is 21.4. The number of carbonyl (C=O) groups excluding carboxylic acids is 2. The summed E-state index contributed by atoms with van der Waals surface area (Å²) < 4.78 is 61.3. The van der Waals surface area contributed by atoms with Gasteiger partial charge in [0.25, 0.3) is 5.92 Å². The molecular weight excluding hydrogens is 518 g/mol. The van der Waals surface area contributed by atoms with Crippen molar-refractivity contribution in [2.24, 2.45) is 11.1 Å². The largest absolute Gasteiger partial charge is 0.449 e. The molecule has 4 N–H and O–H groups in total. The summed E-state index contributed by atoms with van der Waals surface area (Å²) in [6.45, 7) is 0.338. The fraction of sp³-hybridized carbons (Fsp3) is 0.370. The van der Waals surface area contributed by atoms with Crippen LogP contribution in [0.15, 0.2) is 48.7 Å². The highest BCUT2D eigenvalue weighted by molar-refractivity contribution is 5.89. The Labute approximate surface area is 222 Å². The van der Waals surface area contributed by atoms with E-state index in [0.29, 0.717) is 21.9 Å². The van der Waals surface area contributed by atoms with Crippen LogP contribution in [0.5, 0.6) is 0 Å². The molecule has 0 bridgehead atoms. The van der Waals surface area contributed by atoms with Gasteiger partial charge < -0.3 is 20.7 Å². The SMILES string of the molecule is Cc1c(F)cccc1CNC(=O)N(C)C1CC1(COC(=O)Nc1cc2cc(F)ccc2cn1)CC(F)(F)CN. The summed E-state index contributed by atoms with van der Waals surface area (Å²) >= 11 is 0. The molecule has 2 aromatic carbocycles. The summed E-state index contributed by atoms with van der Waals surface area (Å²) in [7, 11) is 1.46. The summed E-state index contributed by atoms with van der Waals surface area (Å²) in [5.41, 5.74) is 5.00. The Morgan fingerprint density at radius 2 is 1.97 bits per heavy atom. The maximum atomic E-state index is 14.4. The van der Waals surface area contributed by atoms with Crippen LogP contribution >= 0.6 is 0 Å². The normalized spacial score (nSPS) is 18.5. The molecule has 1 aromatic heterocycles. The number of nitrogens with one attached hydrogen (secondary N) is 2. The Balaban J connectivity index is 1.39. The van der Waals surface area contributed by atoms with Crippen LogP contribution in [0.2, 0.25) is 0 Å². The number of anilines is 1. The molecule has 1 saturated carbocycles. The van der Waals surface area contributed by atoms with Crippen LogP contribution in [-0.2, 0) is 11.3 Å². The van der Waals surface area contributed by atoms with Gasteiger partial charge in [0.2, 0.25) is 0 Å². The molecule has 0 spiro atoms. The second-order valence-corrected chi connectivity index (χ2v) is 9.87. The number of nitrogens with two attached hydrogens (primary N) is 1. The average molecular weight is 548 g/mol. The van der Waals surface area contributed by atoms with Gasteiger partial charge in [-0.1, -0.05) is 12.1 Å². The van der Waals surface area contributed by atoms with Crippen LogP contribution in [-0.4, -0.2) is 54.2 Å². The van der Waals surface area contributed by atoms with E-state index in [1.807, 2.05) is 0 Å². The topological polar surface area (TPSA) is 110 Å². The first-order valence-corrected chi connectivity index (χ1v) is 12.2. The van der Waals surface area contributed by atoms with Crippen molar-refractivity contribution >= 4 is 28.7 Å². The van der Waals surface area contributed by atoms with E-state index in [9.17, 15) is 27.2 Å². The Kier molecular flexibility index (Phi) is 7.96. The molecule has 12 heteroatoms. The number of hydrogen-bond acceptors (Lipinski definition) is 5. The first kappa shape index (κ1) is 28.1. The lowest BCUT2D eigenvalue weighted by Crippen LogP contribution is -2.43. The standard InChI is InChI=1S/C27H29F4N5O3/c1-16-17(4-3-5-21(16)29)11-34-24(37)36(2)22-10-26(22,13-27(30,31)14-32)15-39-25(38)35-23-9-19-8-20(28)7-6-18(19)12-33-23/h3-9,12,22H,10-11,13-15,32H2,1-2H3,(H,34,37)(H,33,35,38). The molecule has 39 heavy (non-hydrogen) atoms. The van der Waals surface area contributed by atoms with Crippen LogP contribution in [0.4, 0.5) is 33.0 Å². The second kappa shape index (κ2) is 11.0. The molecule has 0 radical (unpaired) electrons. The van der Waals surface area contributed by atoms with Crippen molar-refractivity contribution in [3.8, 4) is 0 Å². The molecule has 8 nitrogen and oxygen atoms in total. The first-order valence-electron chi connectivity index (χ1n) is 12.2. The number of alkyl halides is 2. The predicted molar refractivity (Wildman–Crippen MR) is 137 cm³/mol. The molecule has 3 amide bonds. The number of hydrogen-bond donors (Lipinski definition) is 3. The predicted octanol–water partition coefficient (Wildman–Crippen LogP) is 4.95. The Bertz CT molecular complexity index is 1390. The maximum Gasteiger partial charge on any atom is 0.412 e. The van der Waals surface area contributed by atoms with Gasteiger partial charge in [0.05, 0.1) is 6.54 Å². The van der Waals surface area contributed by atoms with E-state index in [1.54, 1.807) is 19.1 Å². The van der Waals surface area contributed by atoms with Crippen LogP contribution < -0.4 is 16.4 Å². The minimum atomic E-state index is -3.24. The molecule has 1 aliphatic rings. The highest BCUT2D eigenvalue weighted by Gasteiger charge is 2.61. The third kappa shape index (κ3) is 6.56. The first-order chi connectivity index (χ1) is 18.4. The molecule has 1 fully saturated rings. The number of halogens is 4. The van der Waals surface area contributed by atoms with Gasteiger partial charge in [-0.3, -0.25) is 5.32 Å². The molecule has 1 aliphatic carbocycles. The third-order valence-corrected chi connectivity index (χ3v) is 7.06. The molecule has 0 aliphatic heterocycles. The van der Waals surface area contributed by atoms with E-state index < -0.39 is 60.7 Å². The number of benzene rings is 2. The minimum absolute atomic E-state index is 0.0486. The fourth-order valence-electron chi connectivity index (χ4n) is 4.67. The van der Waals surface area contributed by atoms with E-state index in [4.69, 9.17) is 10.5 Å². The van der Waals surface area contributed by atoms with Gasteiger partial charge in [-0.15, -0.1) is 0 Å². The van der Waals surface area contributed by atoms with Gasteiger partial charge in [0.1, 0.15) is 24.1 Å². The summed E-state index contributed by atoms with van der Waals surface area (Å²) in [4.78, 5) is 30.6. The number of rotatable bonds is 9. The monoisotopic (exact) mass is 547 g/mol. The summed E-state index contributed by atoms with van der Waals surface area (Å²) in [6, 6.07) is 8.89. The van der Waals surface area contributed by atoms with E-state index in [1.165, 1.54) is 48.5 Å². The average Bonchev–Trinajstić information content (AvgIpc) is 3.60. The van der Waals surface area contributed by atoms with Crippen LogP contribution in [0.1, 0.15) is 24.0 Å². The molecule has 1 heterocycles. The van der Waals surface area contributed by atoms with E-state index in [2.05, 4.69) is 15.6 Å². The highest BCUT2D eigenvalue weighted by atomic mass is 19.3. The summed E-state index contributed by atoms with van der Waals surface area (Å²) in [5.74, 6) is -4.00. The van der Waals surface area contributed by atoms with Gasteiger partial charge in [-0.25, -0.2) is 32.1 Å². The number of carbonyl (C=O) groups is 2. The number of fused-ring (bicyclic) bond motifs is 1. The second-order valence-electron chi connectivity index (χ2n) is 9.87. The Morgan fingerprint density at radius 3 is 2.72 bits per heavy atom. The number of nitrogens with zero attached hydrogens (tertiary/aromatic N) is 2. The quantitative estimate of drug-likeness (QED) is 0.329. The fourth-order valence-corrected chi connectivity index (χ4v) is 4.67. The van der Waals surface area contributed by atoms with Gasteiger partial charge in [0, 0.05) is 43.1 Å². The van der Waals surface area contributed by atoms with Crippen molar-refractivity contribution in [3.63, 3.8) is 0 Å². The Hall–Kier alpha value is -3.93. The molecule has 2 atom stereocenters. The van der Waals surface area contributed by atoms with Gasteiger partial charge >= 0.3 is 12.1 Å². The molecular formula is C27H29F4N5O3. The summed E-state index contributed by atoms with van der Waals surface area (Å²) in [5, 5.41) is 6.25. The lowest BCUT2D eigenvalue weighted by Gasteiger charge is -2.26. The summed E-state index contributed by atoms with van der Waals surface area (Å²) in [6.07, 6.45) is -0.0220. The highest BCUT2D eigenvalue weighted by Crippen LogP contribution is 2.55. The zero-order chi connectivity index (χ0) is 28.4. The maximum absolute atomic E-state index is 14.4. The van der Waals surface area contributed by atoms with Crippen molar-refractivity contribution in [3.05, 3.63) is 71.4 Å². The smallest absolute Gasteiger partial charge is 0.412 e. The minimum Gasteiger partial charge on any atom is -0.449 e. The lowest BCUT2D eigenvalue weighted by molar-refractivity contribution is -0.0320. The molecule has 2 unspecified atom stereocenters. The zero-order valence-electron chi connectivity index (χ0n) is 21.4. The van der Waals surface area contributed by atoms with Crippen molar-refractivity contribution < 1.29 is 31.9 Å². The van der Waals surface area contributed by atoms with Crippen molar-refractivity contribution in [2.45, 2.75) is 38.3 Å². The number of pyridine rings is 1. The number of urea groups is 1. The van der Waals surface area contributed by atoms with Gasteiger partial charge in [-0.05, 0) is 60.2 Å². The van der Waals surface area contributed by atoms with Crippen molar-refractivity contribution in [1.82, 2.24) is 15.2 Å². The number of aromatic nitrogens is 1. The van der Waals surface area contributed by atoms with E-state index >= 15 is 0 Å². The van der Waals surface area contributed by atoms with Gasteiger partial charge in [0.15, 0.2) is 0 Å². The van der Waals surface area contributed by atoms with Gasteiger partial charge in [-0.2, -0.15) is 0 Å². The lowest BCUT2D eigenvalue weighted by atomic mass is 9.97. The molecule has 3 aromatic rings. The number of amides is 3. The van der Waals surface area contributed by atoms with E-state index in [0.717, 1.165) is 0 Å². The van der Waals surface area contributed by atoms with E-state index in [-0.39, 0.29) is 18.8 Å². The van der Waals surface area contributed by atoms with Crippen LogP contribution in [0.25, 0.3) is 10.8 Å².